The summed E-state index contributed by atoms with van der Waals surface area (Å²) in [4.78, 5) is 18.3. The van der Waals surface area contributed by atoms with Crippen LogP contribution in [-0.4, -0.2) is 60.1 Å². The number of carbonyl (C=O) groups is 1. The summed E-state index contributed by atoms with van der Waals surface area (Å²) in [6.07, 6.45) is 3.67. The van der Waals surface area contributed by atoms with Gasteiger partial charge in [0, 0.05) is 32.5 Å². The summed E-state index contributed by atoms with van der Waals surface area (Å²) in [5, 5.41) is 4.04. The standard InChI is InChI=1S/C19H26N4O4S/c1-22(18(24)9-8-15-6-4-3-5-7-15)14-17-20-19(21-27-17)16-10-12-23(13-11-16)28(2,25)26/h3-7,16H,8-14H2,1-2H3. The normalized spacial score (nSPS) is 16.2. The molecule has 8 nitrogen and oxygen atoms in total. The molecule has 2 heterocycles. The highest BCUT2D eigenvalue weighted by Gasteiger charge is 2.28. The number of aromatic nitrogens is 2. The van der Waals surface area contributed by atoms with Crippen LogP contribution in [0.15, 0.2) is 34.9 Å². The fourth-order valence-electron chi connectivity index (χ4n) is 3.32. The Labute approximate surface area is 165 Å². The van der Waals surface area contributed by atoms with Crippen molar-refractivity contribution in [2.45, 2.75) is 38.1 Å². The molecule has 1 aromatic carbocycles. The van der Waals surface area contributed by atoms with Crippen molar-refractivity contribution in [3.05, 3.63) is 47.6 Å². The quantitative estimate of drug-likeness (QED) is 0.696. The predicted molar refractivity (Wildman–Crippen MR) is 104 cm³/mol. The Hall–Kier alpha value is -2.26. The molecular weight excluding hydrogens is 380 g/mol. The predicted octanol–water partition coefficient (Wildman–Crippen LogP) is 1.80. The molecule has 9 heteroatoms. The van der Waals surface area contributed by atoms with Crippen LogP contribution in [0.3, 0.4) is 0 Å². The summed E-state index contributed by atoms with van der Waals surface area (Å²) >= 11 is 0. The van der Waals surface area contributed by atoms with E-state index in [1.54, 1.807) is 11.9 Å². The van der Waals surface area contributed by atoms with Gasteiger partial charge in [0.2, 0.25) is 21.8 Å². The Morgan fingerprint density at radius 3 is 2.57 bits per heavy atom. The zero-order valence-corrected chi connectivity index (χ0v) is 17.1. The first-order valence-electron chi connectivity index (χ1n) is 9.38. The van der Waals surface area contributed by atoms with Crippen molar-refractivity contribution < 1.29 is 17.7 Å². The number of piperidine rings is 1. The van der Waals surface area contributed by atoms with E-state index in [0.717, 1.165) is 5.56 Å². The van der Waals surface area contributed by atoms with E-state index in [1.807, 2.05) is 30.3 Å². The molecule has 1 aliphatic rings. The third kappa shape index (κ3) is 5.39. The van der Waals surface area contributed by atoms with Crippen molar-refractivity contribution in [2.75, 3.05) is 26.4 Å². The molecule has 0 aliphatic carbocycles. The van der Waals surface area contributed by atoms with Gasteiger partial charge >= 0.3 is 0 Å². The Balaban J connectivity index is 1.49. The minimum absolute atomic E-state index is 0.0186. The summed E-state index contributed by atoms with van der Waals surface area (Å²) < 4.78 is 30.0. The minimum atomic E-state index is -3.15. The molecule has 0 N–H and O–H groups in total. The van der Waals surface area contributed by atoms with Crippen molar-refractivity contribution in [3.8, 4) is 0 Å². The monoisotopic (exact) mass is 406 g/mol. The minimum Gasteiger partial charge on any atom is -0.337 e. The number of nitrogens with zero attached hydrogens (tertiary/aromatic N) is 4. The van der Waals surface area contributed by atoms with Crippen LogP contribution in [-0.2, 0) is 27.8 Å². The number of benzene rings is 1. The summed E-state index contributed by atoms with van der Waals surface area (Å²) in [6.45, 7) is 1.19. The van der Waals surface area contributed by atoms with Gasteiger partial charge in [-0.15, -0.1) is 0 Å². The van der Waals surface area contributed by atoms with E-state index >= 15 is 0 Å². The van der Waals surface area contributed by atoms with Crippen molar-refractivity contribution in [1.29, 1.82) is 0 Å². The van der Waals surface area contributed by atoms with Gasteiger partial charge in [-0.25, -0.2) is 12.7 Å². The van der Waals surface area contributed by atoms with Crippen LogP contribution >= 0.6 is 0 Å². The summed E-state index contributed by atoms with van der Waals surface area (Å²) in [5.41, 5.74) is 1.13. The van der Waals surface area contributed by atoms with E-state index in [9.17, 15) is 13.2 Å². The van der Waals surface area contributed by atoms with Crippen LogP contribution < -0.4 is 0 Å². The van der Waals surface area contributed by atoms with Gasteiger partial charge in [-0.05, 0) is 24.8 Å². The molecule has 0 unspecified atom stereocenters. The molecule has 0 radical (unpaired) electrons. The van der Waals surface area contributed by atoms with Crippen LogP contribution in [0.1, 0.15) is 42.5 Å². The highest BCUT2D eigenvalue weighted by molar-refractivity contribution is 7.88. The molecule has 0 saturated carbocycles. The molecule has 0 atom stereocenters. The lowest BCUT2D eigenvalue weighted by Gasteiger charge is -2.28. The van der Waals surface area contributed by atoms with Crippen molar-refractivity contribution in [1.82, 2.24) is 19.3 Å². The molecular formula is C19H26N4O4S. The summed E-state index contributed by atoms with van der Waals surface area (Å²) in [6, 6.07) is 9.89. The van der Waals surface area contributed by atoms with E-state index in [-0.39, 0.29) is 18.4 Å². The SMILES string of the molecule is CN(Cc1nc(C2CCN(S(C)(=O)=O)CC2)no1)C(=O)CCc1ccccc1. The lowest BCUT2D eigenvalue weighted by Crippen LogP contribution is -2.37. The van der Waals surface area contributed by atoms with E-state index in [0.29, 0.717) is 50.5 Å². The molecule has 1 aromatic heterocycles. The first-order chi connectivity index (χ1) is 13.3. The maximum absolute atomic E-state index is 12.3. The fourth-order valence-corrected chi connectivity index (χ4v) is 4.20. The first kappa shape index (κ1) is 20.5. The highest BCUT2D eigenvalue weighted by Crippen LogP contribution is 2.27. The van der Waals surface area contributed by atoms with Crippen LogP contribution in [0.5, 0.6) is 0 Å². The second-order valence-electron chi connectivity index (χ2n) is 7.22. The Morgan fingerprint density at radius 2 is 1.93 bits per heavy atom. The van der Waals surface area contributed by atoms with Crippen LogP contribution in [0, 0.1) is 0 Å². The third-order valence-corrected chi connectivity index (χ3v) is 6.34. The molecule has 2 aromatic rings. The van der Waals surface area contributed by atoms with Gasteiger partial charge in [0.25, 0.3) is 0 Å². The van der Waals surface area contributed by atoms with E-state index in [4.69, 9.17) is 4.52 Å². The first-order valence-corrected chi connectivity index (χ1v) is 11.2. The van der Waals surface area contributed by atoms with E-state index < -0.39 is 10.0 Å². The highest BCUT2D eigenvalue weighted by atomic mass is 32.2. The second-order valence-corrected chi connectivity index (χ2v) is 9.20. The fraction of sp³-hybridized carbons (Fsp3) is 0.526. The van der Waals surface area contributed by atoms with Gasteiger partial charge < -0.3 is 9.42 Å². The smallest absolute Gasteiger partial charge is 0.246 e. The average Bonchev–Trinajstić information content (AvgIpc) is 3.14. The lowest BCUT2D eigenvalue weighted by atomic mass is 9.98. The zero-order chi connectivity index (χ0) is 20.1. The molecule has 1 aliphatic heterocycles. The summed E-state index contributed by atoms with van der Waals surface area (Å²) in [7, 11) is -1.43. The third-order valence-electron chi connectivity index (χ3n) is 5.04. The topological polar surface area (TPSA) is 96.6 Å². The number of rotatable bonds is 7. The summed E-state index contributed by atoms with van der Waals surface area (Å²) in [5.74, 6) is 1.09. The number of hydrogen-bond acceptors (Lipinski definition) is 6. The van der Waals surface area contributed by atoms with Crippen molar-refractivity contribution >= 4 is 15.9 Å². The molecule has 152 valence electrons. The van der Waals surface area contributed by atoms with Crippen molar-refractivity contribution in [3.63, 3.8) is 0 Å². The molecule has 0 spiro atoms. The molecule has 3 rings (SSSR count). The molecule has 1 amide bonds. The van der Waals surface area contributed by atoms with Gasteiger partial charge in [-0.3, -0.25) is 4.79 Å². The molecule has 0 bridgehead atoms. The maximum atomic E-state index is 12.3. The Morgan fingerprint density at radius 1 is 1.25 bits per heavy atom. The number of hydrogen-bond donors (Lipinski definition) is 0. The van der Waals surface area contributed by atoms with Gasteiger partial charge in [0.05, 0.1) is 12.8 Å². The van der Waals surface area contributed by atoms with Crippen LogP contribution in [0.4, 0.5) is 0 Å². The van der Waals surface area contributed by atoms with Gasteiger partial charge in [-0.1, -0.05) is 35.5 Å². The largest absolute Gasteiger partial charge is 0.337 e. The zero-order valence-electron chi connectivity index (χ0n) is 16.2. The lowest BCUT2D eigenvalue weighted by molar-refractivity contribution is -0.130. The van der Waals surface area contributed by atoms with Gasteiger partial charge in [-0.2, -0.15) is 4.98 Å². The number of aryl methyl sites for hydroxylation is 1. The van der Waals surface area contributed by atoms with Crippen LogP contribution in [0.25, 0.3) is 0 Å². The maximum Gasteiger partial charge on any atom is 0.246 e. The molecule has 1 saturated heterocycles. The number of sulfonamides is 1. The van der Waals surface area contributed by atoms with E-state index in [1.165, 1.54) is 10.6 Å². The molecule has 1 fully saturated rings. The Kier molecular flexibility index (Phi) is 6.46. The number of amides is 1. The number of carbonyl (C=O) groups excluding carboxylic acids is 1. The van der Waals surface area contributed by atoms with Gasteiger partial charge in [0.15, 0.2) is 5.82 Å². The second kappa shape index (κ2) is 8.83. The van der Waals surface area contributed by atoms with Crippen molar-refractivity contribution in [2.24, 2.45) is 0 Å². The molecule has 28 heavy (non-hydrogen) atoms. The van der Waals surface area contributed by atoms with Crippen LogP contribution in [0.2, 0.25) is 0 Å². The van der Waals surface area contributed by atoms with Gasteiger partial charge in [0.1, 0.15) is 0 Å². The Bertz CT molecular complexity index is 890. The van der Waals surface area contributed by atoms with E-state index in [2.05, 4.69) is 10.1 Å². The average molecular weight is 407 g/mol.